The summed E-state index contributed by atoms with van der Waals surface area (Å²) in [6, 6.07) is 32.1. The van der Waals surface area contributed by atoms with Crippen LogP contribution in [0.4, 0.5) is 0 Å². The van der Waals surface area contributed by atoms with E-state index in [-0.39, 0.29) is 31.6 Å². The van der Waals surface area contributed by atoms with Crippen molar-refractivity contribution in [1.82, 2.24) is 4.98 Å². The Bertz CT molecular complexity index is 1190. The smallest absolute Gasteiger partial charge is 0.159 e. The summed E-state index contributed by atoms with van der Waals surface area (Å²) in [5.74, 6) is 0.979. The molecule has 0 aliphatic rings. The number of rotatable bonds is 7. The van der Waals surface area contributed by atoms with Gasteiger partial charge in [-0.3, -0.25) is 9.78 Å². The van der Waals surface area contributed by atoms with Crippen molar-refractivity contribution in [2.75, 3.05) is 0 Å². The van der Waals surface area contributed by atoms with E-state index in [1.807, 2.05) is 64.1 Å². The van der Waals surface area contributed by atoms with Crippen molar-refractivity contribution in [3.05, 3.63) is 103 Å². The summed E-state index contributed by atoms with van der Waals surface area (Å²) >= 11 is 0. The van der Waals surface area contributed by atoms with Crippen molar-refractivity contribution in [2.24, 2.45) is 11.8 Å². The van der Waals surface area contributed by atoms with Gasteiger partial charge in [0.25, 0.3) is 0 Å². The minimum atomic E-state index is 0. The molecule has 0 saturated carbocycles. The van der Waals surface area contributed by atoms with Crippen LogP contribution >= 0.6 is 0 Å². The van der Waals surface area contributed by atoms with Crippen molar-refractivity contribution in [2.45, 2.75) is 40.5 Å². The van der Waals surface area contributed by atoms with E-state index >= 15 is 0 Å². The third-order valence-electron chi connectivity index (χ3n) is 5.33. The Hall–Kier alpha value is -3.07. The summed E-state index contributed by atoms with van der Waals surface area (Å²) in [5.41, 5.74) is 5.32. The molecule has 4 rings (SSSR count). The van der Waals surface area contributed by atoms with Gasteiger partial charge in [-0.15, -0.1) is 35.9 Å². The first kappa shape index (κ1) is 29.2. The molecule has 0 spiro atoms. The molecule has 1 radical (unpaired) electrons. The number of hydrogen-bond acceptors (Lipinski definition) is 3. The Morgan fingerprint density at radius 1 is 0.889 bits per heavy atom. The normalized spacial score (nSPS) is 11.1. The molecule has 3 aromatic carbocycles. The molecule has 0 unspecified atom stereocenters. The van der Waals surface area contributed by atoms with Gasteiger partial charge in [0.2, 0.25) is 0 Å². The van der Waals surface area contributed by atoms with Gasteiger partial charge >= 0.3 is 0 Å². The van der Waals surface area contributed by atoms with Gasteiger partial charge in [-0.1, -0.05) is 82.3 Å². The molecule has 0 bridgehead atoms. The molecule has 36 heavy (non-hydrogen) atoms. The maximum Gasteiger partial charge on any atom is 0.159 e. The number of aromatic nitrogens is 1. The molecule has 0 amide bonds. The first-order chi connectivity index (χ1) is 16.8. The topological polar surface area (TPSA) is 50.2 Å². The van der Waals surface area contributed by atoms with Gasteiger partial charge in [-0.2, -0.15) is 0 Å². The molecule has 1 aromatic heterocycles. The van der Waals surface area contributed by atoms with E-state index in [0.717, 1.165) is 27.7 Å². The molecule has 0 atom stereocenters. The molecule has 4 aromatic rings. The third kappa shape index (κ3) is 8.86. The van der Waals surface area contributed by atoms with E-state index in [9.17, 15) is 9.90 Å². The Morgan fingerprint density at radius 3 is 2.17 bits per heavy atom. The molecular formula is C32H34IrNO2-. The summed E-state index contributed by atoms with van der Waals surface area (Å²) in [6.07, 6.45) is 2.46. The zero-order valence-corrected chi connectivity index (χ0v) is 23.8. The number of hydrogen-bond donors (Lipinski definition) is 1. The van der Waals surface area contributed by atoms with Crippen molar-refractivity contribution in [3.63, 3.8) is 0 Å². The van der Waals surface area contributed by atoms with Crippen molar-refractivity contribution in [3.8, 4) is 22.4 Å². The fourth-order valence-corrected chi connectivity index (χ4v) is 3.82. The average Bonchev–Trinajstić information content (AvgIpc) is 2.83. The number of benzene rings is 3. The molecule has 189 valence electrons. The maximum atomic E-state index is 11.2. The number of allylic oxidation sites excluding steroid dienone is 2. The minimum absolute atomic E-state index is 0. The first-order valence-corrected chi connectivity index (χ1v) is 12.2. The van der Waals surface area contributed by atoms with Gasteiger partial charge in [-0.25, -0.2) is 0 Å². The molecule has 1 N–H and O–H groups in total. The van der Waals surface area contributed by atoms with E-state index in [0.29, 0.717) is 24.7 Å². The zero-order valence-electron chi connectivity index (χ0n) is 21.4. The van der Waals surface area contributed by atoms with Gasteiger partial charge in [-0.05, 0) is 40.1 Å². The SMILES string of the molecule is CC(C)CC(=O)/C=C(\O)CC(C)C.[Ir].[c-]1ccccc1-c1nc2ccccc2cc1-c1ccccc1. The number of carbonyl (C=O) groups is 1. The van der Waals surface area contributed by atoms with E-state index in [2.05, 4.69) is 54.6 Å². The maximum absolute atomic E-state index is 11.2. The fourth-order valence-electron chi connectivity index (χ4n) is 3.82. The quantitative estimate of drug-likeness (QED) is 0.123. The molecule has 0 aliphatic heterocycles. The summed E-state index contributed by atoms with van der Waals surface area (Å²) < 4.78 is 0. The van der Waals surface area contributed by atoms with Crippen LogP contribution in [0, 0.1) is 17.9 Å². The molecule has 0 aliphatic carbocycles. The second-order valence-electron chi connectivity index (χ2n) is 9.52. The van der Waals surface area contributed by atoms with E-state index in [1.165, 1.54) is 11.6 Å². The van der Waals surface area contributed by atoms with Crippen LogP contribution in [-0.4, -0.2) is 15.9 Å². The minimum Gasteiger partial charge on any atom is -0.512 e. The number of aliphatic hydroxyl groups excluding tert-OH is 1. The summed E-state index contributed by atoms with van der Waals surface area (Å²) in [5, 5.41) is 10.5. The van der Waals surface area contributed by atoms with Crippen LogP contribution in [0.25, 0.3) is 33.3 Å². The summed E-state index contributed by atoms with van der Waals surface area (Å²) in [4.78, 5) is 16.1. The third-order valence-corrected chi connectivity index (χ3v) is 5.33. The number of fused-ring (bicyclic) bond motifs is 1. The second kappa shape index (κ2) is 14.5. The first-order valence-electron chi connectivity index (χ1n) is 12.2. The Balaban J connectivity index is 0.000000285. The predicted octanol–water partition coefficient (Wildman–Crippen LogP) is 8.46. The van der Waals surface area contributed by atoms with Crippen LogP contribution in [0.5, 0.6) is 0 Å². The van der Waals surface area contributed by atoms with Gasteiger partial charge in [0.15, 0.2) is 5.78 Å². The fraction of sp³-hybridized carbons (Fsp3) is 0.250. The van der Waals surface area contributed by atoms with Crippen molar-refractivity contribution < 1.29 is 30.0 Å². The molecule has 0 fully saturated rings. The Morgan fingerprint density at radius 2 is 1.53 bits per heavy atom. The monoisotopic (exact) mass is 657 g/mol. The molecule has 0 saturated heterocycles. The van der Waals surface area contributed by atoms with E-state index < -0.39 is 0 Å². The van der Waals surface area contributed by atoms with Crippen LogP contribution in [0.1, 0.15) is 40.5 Å². The van der Waals surface area contributed by atoms with Gasteiger partial charge in [0, 0.05) is 39.0 Å². The van der Waals surface area contributed by atoms with Gasteiger partial charge in [0.05, 0.1) is 11.3 Å². The number of para-hydroxylation sites is 1. The zero-order chi connectivity index (χ0) is 25.2. The van der Waals surface area contributed by atoms with Crippen LogP contribution in [0.15, 0.2) is 96.8 Å². The van der Waals surface area contributed by atoms with Crippen molar-refractivity contribution in [1.29, 1.82) is 0 Å². The van der Waals surface area contributed by atoms with Crippen LogP contribution in [0.3, 0.4) is 0 Å². The summed E-state index contributed by atoms with van der Waals surface area (Å²) in [7, 11) is 0. The molecular weight excluding hydrogens is 623 g/mol. The number of ketones is 1. The summed E-state index contributed by atoms with van der Waals surface area (Å²) in [6.45, 7) is 8.00. The Labute approximate surface area is 228 Å². The van der Waals surface area contributed by atoms with Crippen LogP contribution < -0.4 is 0 Å². The number of nitrogens with zero attached hydrogens (tertiary/aromatic N) is 1. The Kier molecular flexibility index (Phi) is 11.7. The second-order valence-corrected chi connectivity index (χ2v) is 9.52. The number of carbonyl (C=O) groups excluding carboxylic acids is 1. The van der Waals surface area contributed by atoms with Gasteiger partial charge in [0.1, 0.15) is 0 Å². The average molecular weight is 657 g/mol. The van der Waals surface area contributed by atoms with Crippen LogP contribution in [0.2, 0.25) is 0 Å². The molecule has 1 heterocycles. The van der Waals surface area contributed by atoms with Crippen molar-refractivity contribution >= 4 is 16.7 Å². The largest absolute Gasteiger partial charge is 0.512 e. The molecule has 3 nitrogen and oxygen atoms in total. The van der Waals surface area contributed by atoms with Crippen LogP contribution in [-0.2, 0) is 24.9 Å². The van der Waals surface area contributed by atoms with E-state index in [1.54, 1.807) is 0 Å². The standard InChI is InChI=1S/C21H14N.C11H20O2.Ir/c1-3-9-16(10-4-1)19-15-18-13-7-8-14-20(18)22-21(19)17-11-5-2-6-12-17;1-8(2)5-10(12)7-11(13)6-9(3)4;/h1-11,13-15H;7-9,12H,5-6H2,1-4H3;/q-1;;/b;10-7-;. The number of pyridine rings is 1. The number of aliphatic hydroxyl groups is 1. The van der Waals surface area contributed by atoms with Gasteiger partial charge < -0.3 is 5.11 Å². The molecule has 4 heteroatoms. The van der Waals surface area contributed by atoms with E-state index in [4.69, 9.17) is 4.98 Å². The predicted molar refractivity (Wildman–Crippen MR) is 146 cm³/mol.